The van der Waals surface area contributed by atoms with Crippen LogP contribution in [-0.2, 0) is 6.54 Å². The Morgan fingerprint density at radius 3 is 1.56 bits per heavy atom. The Hall–Kier alpha value is -1.05. The van der Waals surface area contributed by atoms with Gasteiger partial charge in [0.1, 0.15) is 12.4 Å². The second kappa shape index (κ2) is 16.4. The summed E-state index contributed by atoms with van der Waals surface area (Å²) in [5.74, 6) is 0. The molecule has 0 saturated heterocycles. The highest BCUT2D eigenvalue weighted by molar-refractivity contribution is 5.12. The van der Waals surface area contributed by atoms with Crippen molar-refractivity contribution in [2.24, 2.45) is 0 Å². The van der Waals surface area contributed by atoms with Gasteiger partial charge in [-0.25, -0.2) is 9.13 Å². The lowest BCUT2D eigenvalue weighted by atomic mass is 10.0. The Morgan fingerprint density at radius 1 is 0.720 bits per heavy atom. The van der Waals surface area contributed by atoms with Gasteiger partial charge >= 0.3 is 0 Å². The third-order valence-corrected chi connectivity index (χ3v) is 5.19. The van der Waals surface area contributed by atoms with E-state index >= 15 is 0 Å². The van der Waals surface area contributed by atoms with Crippen molar-refractivity contribution in [1.82, 2.24) is 4.57 Å². The van der Waals surface area contributed by atoms with Gasteiger partial charge in [0, 0.05) is 0 Å². The fourth-order valence-electron chi connectivity index (χ4n) is 3.49. The van der Waals surface area contributed by atoms with E-state index in [1.165, 1.54) is 103 Å². The molecule has 0 spiro atoms. The van der Waals surface area contributed by atoms with Crippen LogP contribution in [0.5, 0.6) is 0 Å². The number of hydrogen-bond acceptors (Lipinski definition) is 0. The maximum Gasteiger partial charge on any atom is 0.248 e. The molecule has 0 N–H and O–H groups in total. The van der Waals surface area contributed by atoms with Crippen LogP contribution in [0.3, 0.4) is 0 Å². The van der Waals surface area contributed by atoms with Crippen LogP contribution in [0.2, 0.25) is 0 Å². The second-order valence-electron chi connectivity index (χ2n) is 7.58. The summed E-state index contributed by atoms with van der Waals surface area (Å²) >= 11 is 0. The molecule has 1 aromatic rings. The molecule has 1 aromatic heterocycles. The number of rotatable bonds is 18. The molecule has 0 aromatic carbocycles. The van der Waals surface area contributed by atoms with Crippen molar-refractivity contribution in [3.05, 3.63) is 25.3 Å². The van der Waals surface area contributed by atoms with E-state index in [9.17, 15) is 0 Å². The molecular weight excluding hydrogens is 304 g/mol. The third kappa shape index (κ3) is 12.9. The fraction of sp³-hybridized carbons (Fsp3) is 0.783. The number of hydrogen-bond donors (Lipinski definition) is 0. The van der Waals surface area contributed by atoms with Gasteiger partial charge in [0.15, 0.2) is 0 Å². The minimum absolute atomic E-state index is 1.14. The lowest BCUT2D eigenvalue weighted by molar-refractivity contribution is -0.696. The highest BCUT2D eigenvalue weighted by Gasteiger charge is 2.00. The quantitative estimate of drug-likeness (QED) is 0.197. The molecule has 0 amide bonds. The van der Waals surface area contributed by atoms with Crippen LogP contribution in [0.15, 0.2) is 25.3 Å². The van der Waals surface area contributed by atoms with Gasteiger partial charge in [0.05, 0.1) is 12.7 Å². The molecule has 0 saturated carbocycles. The SMILES string of the molecule is C=Cn1cc[n+](CCCCCCCCCCCCCCCCCC)c1. The minimum atomic E-state index is 1.14. The molecule has 0 bridgehead atoms. The fourth-order valence-corrected chi connectivity index (χ4v) is 3.49. The van der Waals surface area contributed by atoms with Crippen molar-refractivity contribution in [3.63, 3.8) is 0 Å². The van der Waals surface area contributed by atoms with Gasteiger partial charge in [-0.1, -0.05) is 103 Å². The molecule has 2 heteroatoms. The molecule has 0 aliphatic carbocycles. The molecule has 1 heterocycles. The van der Waals surface area contributed by atoms with Gasteiger partial charge in [-0.2, -0.15) is 0 Å². The molecule has 0 aliphatic rings. The van der Waals surface area contributed by atoms with Crippen LogP contribution in [0.1, 0.15) is 110 Å². The zero-order valence-corrected chi connectivity index (χ0v) is 16.9. The van der Waals surface area contributed by atoms with Gasteiger partial charge in [0.2, 0.25) is 6.33 Å². The van der Waals surface area contributed by atoms with E-state index in [1.54, 1.807) is 0 Å². The first-order valence-corrected chi connectivity index (χ1v) is 11.1. The number of unbranched alkanes of at least 4 members (excludes halogenated alkanes) is 15. The lowest BCUT2D eigenvalue weighted by Crippen LogP contribution is -2.30. The Labute approximate surface area is 157 Å². The van der Waals surface area contributed by atoms with Crippen LogP contribution in [0, 0.1) is 0 Å². The highest BCUT2D eigenvalue weighted by Crippen LogP contribution is 2.13. The van der Waals surface area contributed by atoms with E-state index < -0.39 is 0 Å². The van der Waals surface area contributed by atoms with Gasteiger partial charge in [-0.05, 0) is 12.8 Å². The Morgan fingerprint density at radius 2 is 1.16 bits per heavy atom. The molecule has 25 heavy (non-hydrogen) atoms. The first-order valence-electron chi connectivity index (χ1n) is 11.1. The zero-order chi connectivity index (χ0) is 18.0. The van der Waals surface area contributed by atoms with E-state index in [-0.39, 0.29) is 0 Å². The monoisotopic (exact) mass is 347 g/mol. The molecular formula is C23H43N2+. The molecule has 0 unspecified atom stereocenters. The first-order chi connectivity index (χ1) is 12.4. The number of nitrogens with zero attached hydrogens (tertiary/aromatic N) is 2. The number of aromatic nitrogens is 2. The maximum atomic E-state index is 3.77. The second-order valence-corrected chi connectivity index (χ2v) is 7.58. The topological polar surface area (TPSA) is 8.81 Å². The predicted octanol–water partition coefficient (Wildman–Crippen LogP) is 7.14. The summed E-state index contributed by atoms with van der Waals surface area (Å²) in [6, 6.07) is 0. The Balaban J connectivity index is 1.74. The average Bonchev–Trinajstić information content (AvgIpc) is 3.09. The molecule has 1 rings (SSSR count). The van der Waals surface area contributed by atoms with Gasteiger partial charge < -0.3 is 0 Å². The highest BCUT2D eigenvalue weighted by atomic mass is 15.1. The summed E-state index contributed by atoms with van der Waals surface area (Å²) in [5.41, 5.74) is 0. The zero-order valence-electron chi connectivity index (χ0n) is 16.9. The summed E-state index contributed by atoms with van der Waals surface area (Å²) in [4.78, 5) is 0. The summed E-state index contributed by atoms with van der Waals surface area (Å²) in [7, 11) is 0. The first kappa shape index (κ1) is 22.0. The molecule has 144 valence electrons. The summed E-state index contributed by atoms with van der Waals surface area (Å²) < 4.78 is 4.26. The van der Waals surface area contributed by atoms with Crippen molar-refractivity contribution in [3.8, 4) is 0 Å². The molecule has 0 fully saturated rings. The van der Waals surface area contributed by atoms with E-state index in [2.05, 4.69) is 36.8 Å². The largest absolute Gasteiger partial charge is 0.248 e. The summed E-state index contributed by atoms with van der Waals surface area (Å²) in [6.45, 7) is 7.21. The van der Waals surface area contributed by atoms with Crippen molar-refractivity contribution in [2.75, 3.05) is 0 Å². The molecule has 0 aliphatic heterocycles. The van der Waals surface area contributed by atoms with Crippen molar-refractivity contribution in [2.45, 2.75) is 116 Å². The van der Waals surface area contributed by atoms with Crippen molar-refractivity contribution < 1.29 is 4.57 Å². The van der Waals surface area contributed by atoms with Crippen molar-refractivity contribution >= 4 is 6.20 Å². The maximum absolute atomic E-state index is 3.77. The van der Waals surface area contributed by atoms with E-state index in [4.69, 9.17) is 0 Å². The average molecular weight is 348 g/mol. The number of aryl methyl sites for hydroxylation is 1. The standard InChI is InChI=1S/C23H43N2/c1-3-5-6-7-8-9-10-11-12-13-14-15-16-17-18-19-20-25-22-21-24(4-2)23-25/h4,21-23H,2-3,5-20H2,1H3/q+1. The van der Waals surface area contributed by atoms with E-state index in [0.717, 1.165) is 6.54 Å². The third-order valence-electron chi connectivity index (χ3n) is 5.19. The van der Waals surface area contributed by atoms with E-state index in [1.807, 2.05) is 10.8 Å². The Bertz CT molecular complexity index is 408. The van der Waals surface area contributed by atoms with E-state index in [0.29, 0.717) is 0 Å². The normalized spacial score (nSPS) is 11.1. The minimum Gasteiger partial charge on any atom is -0.236 e. The molecule has 0 atom stereocenters. The van der Waals surface area contributed by atoms with Crippen LogP contribution in [-0.4, -0.2) is 4.57 Å². The van der Waals surface area contributed by atoms with Crippen molar-refractivity contribution in [1.29, 1.82) is 0 Å². The van der Waals surface area contributed by atoms with Crippen LogP contribution >= 0.6 is 0 Å². The van der Waals surface area contributed by atoms with Crippen LogP contribution in [0.25, 0.3) is 6.20 Å². The summed E-state index contributed by atoms with van der Waals surface area (Å²) in [5, 5.41) is 0. The lowest BCUT2D eigenvalue weighted by Gasteiger charge is -2.03. The molecule has 2 nitrogen and oxygen atoms in total. The summed E-state index contributed by atoms with van der Waals surface area (Å²) in [6.07, 6.45) is 31.0. The van der Waals surface area contributed by atoms with Gasteiger partial charge in [0.25, 0.3) is 0 Å². The van der Waals surface area contributed by atoms with Crippen LogP contribution < -0.4 is 4.57 Å². The number of imidazole rings is 1. The van der Waals surface area contributed by atoms with Gasteiger partial charge in [-0.3, -0.25) is 0 Å². The van der Waals surface area contributed by atoms with Crippen LogP contribution in [0.4, 0.5) is 0 Å². The predicted molar refractivity (Wildman–Crippen MR) is 111 cm³/mol. The Kier molecular flexibility index (Phi) is 14.4. The van der Waals surface area contributed by atoms with Gasteiger partial charge in [-0.15, -0.1) is 0 Å². The molecule has 0 radical (unpaired) electrons. The smallest absolute Gasteiger partial charge is 0.236 e.